The van der Waals surface area contributed by atoms with Gasteiger partial charge in [-0.25, -0.2) is 4.98 Å². The standard InChI is InChI=1S/C17H16N4O3S/c18-9-13-14(12-3-1-2-8-19-12)20-17(25-13)21-15(22)10-4-6-11(7-5-10)16(23)24/h1-3,8,10-11H,4-7H2,(H,23,24)(H,20,21,22). The van der Waals surface area contributed by atoms with Crippen LogP contribution in [-0.4, -0.2) is 27.0 Å². The highest BCUT2D eigenvalue weighted by molar-refractivity contribution is 7.16. The third-order valence-corrected chi connectivity index (χ3v) is 5.19. The molecule has 0 aromatic carbocycles. The van der Waals surface area contributed by atoms with Crippen molar-refractivity contribution in [3.63, 3.8) is 0 Å². The number of carboxylic acid groups (broad SMARTS) is 1. The van der Waals surface area contributed by atoms with Crippen molar-refractivity contribution < 1.29 is 14.7 Å². The number of nitrogens with zero attached hydrogens (tertiary/aromatic N) is 3. The molecule has 1 aliphatic rings. The van der Waals surface area contributed by atoms with E-state index in [-0.39, 0.29) is 17.7 Å². The fourth-order valence-electron chi connectivity index (χ4n) is 2.94. The first-order valence-corrected chi connectivity index (χ1v) is 8.76. The monoisotopic (exact) mass is 356 g/mol. The second-order valence-electron chi connectivity index (χ2n) is 5.90. The van der Waals surface area contributed by atoms with Crippen molar-refractivity contribution in [2.45, 2.75) is 25.7 Å². The van der Waals surface area contributed by atoms with Crippen LogP contribution < -0.4 is 5.32 Å². The van der Waals surface area contributed by atoms with Gasteiger partial charge in [0.05, 0.1) is 11.6 Å². The molecule has 128 valence electrons. The van der Waals surface area contributed by atoms with Gasteiger partial charge in [-0.15, -0.1) is 0 Å². The predicted molar refractivity (Wildman–Crippen MR) is 91.8 cm³/mol. The van der Waals surface area contributed by atoms with Crippen LogP contribution in [0.2, 0.25) is 0 Å². The molecule has 0 saturated heterocycles. The van der Waals surface area contributed by atoms with Crippen LogP contribution in [0.1, 0.15) is 30.6 Å². The molecule has 1 saturated carbocycles. The number of hydrogen-bond acceptors (Lipinski definition) is 6. The fourth-order valence-corrected chi connectivity index (χ4v) is 3.71. The van der Waals surface area contributed by atoms with Crippen molar-refractivity contribution in [2.75, 3.05) is 5.32 Å². The van der Waals surface area contributed by atoms with Gasteiger partial charge >= 0.3 is 5.97 Å². The van der Waals surface area contributed by atoms with Crippen LogP contribution in [0.4, 0.5) is 5.13 Å². The van der Waals surface area contributed by atoms with E-state index in [1.165, 1.54) is 0 Å². The minimum Gasteiger partial charge on any atom is -0.481 e. The number of aromatic nitrogens is 2. The smallest absolute Gasteiger partial charge is 0.306 e. The van der Waals surface area contributed by atoms with E-state index in [1.807, 2.05) is 6.07 Å². The number of rotatable bonds is 4. The third-order valence-electron chi connectivity index (χ3n) is 4.31. The first kappa shape index (κ1) is 17.0. The fraction of sp³-hybridized carbons (Fsp3) is 0.353. The van der Waals surface area contributed by atoms with Gasteiger partial charge in [-0.2, -0.15) is 5.26 Å². The minimum absolute atomic E-state index is 0.172. The van der Waals surface area contributed by atoms with Crippen LogP contribution in [0.3, 0.4) is 0 Å². The van der Waals surface area contributed by atoms with Crippen LogP contribution in [-0.2, 0) is 9.59 Å². The van der Waals surface area contributed by atoms with E-state index in [1.54, 1.807) is 18.3 Å². The molecule has 25 heavy (non-hydrogen) atoms. The maximum Gasteiger partial charge on any atom is 0.306 e. The highest BCUT2D eigenvalue weighted by atomic mass is 32.1. The van der Waals surface area contributed by atoms with Crippen molar-refractivity contribution in [1.29, 1.82) is 5.26 Å². The Hall–Kier alpha value is -2.79. The van der Waals surface area contributed by atoms with Crippen LogP contribution >= 0.6 is 11.3 Å². The number of carbonyl (C=O) groups is 2. The Morgan fingerprint density at radius 2 is 1.96 bits per heavy atom. The Labute approximate surface area is 148 Å². The van der Waals surface area contributed by atoms with E-state index in [0.29, 0.717) is 47.1 Å². The number of nitriles is 1. The van der Waals surface area contributed by atoms with Gasteiger partial charge in [-0.05, 0) is 37.8 Å². The molecule has 2 N–H and O–H groups in total. The quantitative estimate of drug-likeness (QED) is 0.870. The number of pyridine rings is 1. The SMILES string of the molecule is N#Cc1sc(NC(=O)C2CCC(C(=O)O)CC2)nc1-c1ccccn1. The third kappa shape index (κ3) is 3.83. The van der Waals surface area contributed by atoms with Gasteiger partial charge in [-0.3, -0.25) is 14.6 Å². The number of carboxylic acids is 1. The number of amides is 1. The van der Waals surface area contributed by atoms with Crippen molar-refractivity contribution in [3.05, 3.63) is 29.3 Å². The Balaban J connectivity index is 1.70. The lowest BCUT2D eigenvalue weighted by Gasteiger charge is -2.24. The first-order chi connectivity index (χ1) is 12.1. The Morgan fingerprint density at radius 1 is 1.24 bits per heavy atom. The number of aliphatic carboxylic acids is 1. The lowest BCUT2D eigenvalue weighted by molar-refractivity contribution is -0.143. The van der Waals surface area contributed by atoms with E-state index in [2.05, 4.69) is 21.4 Å². The summed E-state index contributed by atoms with van der Waals surface area (Å²) in [4.78, 5) is 32.3. The van der Waals surface area contributed by atoms with Gasteiger partial charge < -0.3 is 10.4 Å². The average Bonchev–Trinajstić information content (AvgIpc) is 3.05. The van der Waals surface area contributed by atoms with Crippen LogP contribution in [0, 0.1) is 23.2 Å². The molecule has 2 aromatic rings. The summed E-state index contributed by atoms with van der Waals surface area (Å²) in [7, 11) is 0. The topological polar surface area (TPSA) is 116 Å². The highest BCUT2D eigenvalue weighted by Crippen LogP contribution is 2.32. The van der Waals surface area contributed by atoms with E-state index in [0.717, 1.165) is 11.3 Å². The largest absolute Gasteiger partial charge is 0.481 e. The Morgan fingerprint density at radius 3 is 2.56 bits per heavy atom. The van der Waals surface area contributed by atoms with E-state index in [4.69, 9.17) is 5.11 Å². The van der Waals surface area contributed by atoms with Crippen molar-refractivity contribution in [2.24, 2.45) is 11.8 Å². The minimum atomic E-state index is -0.794. The molecule has 2 heterocycles. The summed E-state index contributed by atoms with van der Waals surface area (Å²) in [6.07, 6.45) is 3.73. The van der Waals surface area contributed by atoms with Crippen LogP contribution in [0.15, 0.2) is 24.4 Å². The molecular weight excluding hydrogens is 340 g/mol. The molecule has 0 aliphatic heterocycles. The zero-order valence-electron chi connectivity index (χ0n) is 13.3. The molecular formula is C17H16N4O3S. The van der Waals surface area contributed by atoms with Gasteiger partial charge in [0, 0.05) is 12.1 Å². The van der Waals surface area contributed by atoms with Gasteiger partial charge in [0.1, 0.15) is 16.6 Å². The lowest BCUT2D eigenvalue weighted by atomic mass is 9.81. The maximum absolute atomic E-state index is 12.4. The molecule has 3 rings (SSSR count). The highest BCUT2D eigenvalue weighted by Gasteiger charge is 2.30. The van der Waals surface area contributed by atoms with Gasteiger partial charge in [0.2, 0.25) is 5.91 Å². The number of carbonyl (C=O) groups excluding carboxylic acids is 1. The zero-order valence-corrected chi connectivity index (χ0v) is 14.1. The zero-order chi connectivity index (χ0) is 17.8. The maximum atomic E-state index is 12.4. The van der Waals surface area contributed by atoms with Crippen molar-refractivity contribution in [3.8, 4) is 17.5 Å². The van der Waals surface area contributed by atoms with Crippen LogP contribution in [0.25, 0.3) is 11.4 Å². The second kappa shape index (κ2) is 7.40. The number of thiazole rings is 1. The molecule has 1 amide bonds. The lowest BCUT2D eigenvalue weighted by Crippen LogP contribution is -2.29. The Kier molecular flexibility index (Phi) is 5.05. The second-order valence-corrected chi connectivity index (χ2v) is 6.90. The summed E-state index contributed by atoms with van der Waals surface area (Å²) in [5.41, 5.74) is 1.04. The molecule has 0 unspecified atom stereocenters. The van der Waals surface area contributed by atoms with Gasteiger partial charge in [-0.1, -0.05) is 17.4 Å². The summed E-state index contributed by atoms with van der Waals surface area (Å²) in [6.45, 7) is 0. The van der Waals surface area contributed by atoms with Crippen LogP contribution in [0.5, 0.6) is 0 Å². The van der Waals surface area contributed by atoms with E-state index < -0.39 is 5.97 Å². The Bertz CT molecular complexity index is 820. The van der Waals surface area contributed by atoms with E-state index in [9.17, 15) is 14.9 Å². The summed E-state index contributed by atoms with van der Waals surface area (Å²) >= 11 is 1.11. The van der Waals surface area contributed by atoms with Gasteiger partial charge in [0.25, 0.3) is 0 Å². The summed E-state index contributed by atoms with van der Waals surface area (Å²) in [6, 6.07) is 7.43. The number of anilines is 1. The van der Waals surface area contributed by atoms with Crippen molar-refractivity contribution >= 4 is 28.3 Å². The predicted octanol–water partition coefficient (Wildman–Crippen LogP) is 2.91. The van der Waals surface area contributed by atoms with Crippen molar-refractivity contribution in [1.82, 2.24) is 9.97 Å². The molecule has 1 aliphatic carbocycles. The molecule has 2 aromatic heterocycles. The normalized spacial score (nSPS) is 19.8. The first-order valence-electron chi connectivity index (χ1n) is 7.94. The molecule has 8 heteroatoms. The summed E-state index contributed by atoms with van der Waals surface area (Å²) < 4.78 is 0. The molecule has 0 atom stereocenters. The molecule has 0 radical (unpaired) electrons. The average molecular weight is 356 g/mol. The molecule has 7 nitrogen and oxygen atoms in total. The molecule has 1 fully saturated rings. The number of hydrogen-bond donors (Lipinski definition) is 2. The summed E-state index contributed by atoms with van der Waals surface area (Å²) in [5, 5.41) is 21.4. The summed E-state index contributed by atoms with van der Waals surface area (Å²) in [5.74, 6) is -1.54. The molecule has 0 spiro atoms. The van der Waals surface area contributed by atoms with Gasteiger partial charge in [0.15, 0.2) is 5.13 Å². The molecule has 0 bridgehead atoms. The number of nitrogens with one attached hydrogen (secondary N) is 1. The van der Waals surface area contributed by atoms with E-state index >= 15 is 0 Å².